The zero-order valence-electron chi connectivity index (χ0n) is 13.2. The van der Waals surface area contributed by atoms with Gasteiger partial charge in [-0.15, -0.1) is 0 Å². The Balaban J connectivity index is 2.14. The van der Waals surface area contributed by atoms with Crippen molar-refractivity contribution in [1.82, 2.24) is 9.55 Å². The van der Waals surface area contributed by atoms with Gasteiger partial charge in [0.1, 0.15) is 5.82 Å². The standard InChI is InChI=1S/C19H21ClN2O/c1-2-16(14-7-4-3-5-8-14)19-21-17-10-9-15(20)13-18(17)22(19)11-6-12-23/h3-5,7-10,13,16,23H,2,6,11-12H2,1H3. The molecule has 3 rings (SSSR count). The normalized spacial score (nSPS) is 12.7. The van der Waals surface area contributed by atoms with Crippen LogP contribution in [0.3, 0.4) is 0 Å². The van der Waals surface area contributed by atoms with Gasteiger partial charge in [0.15, 0.2) is 0 Å². The first-order valence-electron chi connectivity index (χ1n) is 8.06. The van der Waals surface area contributed by atoms with Gasteiger partial charge in [0.05, 0.1) is 11.0 Å². The summed E-state index contributed by atoms with van der Waals surface area (Å²) in [6.45, 7) is 3.09. The average Bonchev–Trinajstić information content (AvgIpc) is 2.92. The second-order valence-corrected chi connectivity index (χ2v) is 6.14. The summed E-state index contributed by atoms with van der Waals surface area (Å²) in [7, 11) is 0. The third-order valence-corrected chi connectivity index (χ3v) is 4.44. The first-order valence-corrected chi connectivity index (χ1v) is 8.44. The molecule has 120 valence electrons. The summed E-state index contributed by atoms with van der Waals surface area (Å²) in [6.07, 6.45) is 1.68. The van der Waals surface area contributed by atoms with Crippen molar-refractivity contribution < 1.29 is 5.11 Å². The van der Waals surface area contributed by atoms with Gasteiger partial charge >= 0.3 is 0 Å². The number of aliphatic hydroxyl groups is 1. The van der Waals surface area contributed by atoms with Crippen molar-refractivity contribution in [3.63, 3.8) is 0 Å². The van der Waals surface area contributed by atoms with E-state index in [1.54, 1.807) is 0 Å². The Hall–Kier alpha value is -1.84. The van der Waals surface area contributed by atoms with Gasteiger partial charge in [-0.05, 0) is 36.6 Å². The van der Waals surface area contributed by atoms with E-state index in [9.17, 15) is 5.11 Å². The van der Waals surface area contributed by atoms with Gasteiger partial charge in [0.2, 0.25) is 0 Å². The largest absolute Gasteiger partial charge is 0.396 e. The molecule has 2 aromatic carbocycles. The van der Waals surface area contributed by atoms with Gasteiger partial charge in [0, 0.05) is 24.1 Å². The lowest BCUT2D eigenvalue weighted by Gasteiger charge is -2.17. The molecule has 23 heavy (non-hydrogen) atoms. The van der Waals surface area contributed by atoms with E-state index in [0.717, 1.165) is 29.8 Å². The third kappa shape index (κ3) is 3.26. The molecule has 0 aliphatic rings. The SMILES string of the molecule is CCC(c1ccccc1)c1nc2ccc(Cl)cc2n1CCCO. The van der Waals surface area contributed by atoms with Crippen molar-refractivity contribution in [2.75, 3.05) is 6.61 Å². The minimum absolute atomic E-state index is 0.168. The van der Waals surface area contributed by atoms with Crippen LogP contribution in [-0.2, 0) is 6.54 Å². The Morgan fingerprint density at radius 2 is 1.96 bits per heavy atom. The summed E-state index contributed by atoms with van der Waals surface area (Å²) < 4.78 is 2.21. The van der Waals surface area contributed by atoms with Gasteiger partial charge in [0.25, 0.3) is 0 Å². The summed E-state index contributed by atoms with van der Waals surface area (Å²) in [5.41, 5.74) is 3.26. The molecule has 1 unspecified atom stereocenters. The Kier molecular flexibility index (Phi) is 4.99. The molecule has 1 atom stereocenters. The van der Waals surface area contributed by atoms with E-state index in [1.165, 1.54) is 5.56 Å². The molecule has 1 heterocycles. The molecule has 0 radical (unpaired) electrons. The Morgan fingerprint density at radius 1 is 1.17 bits per heavy atom. The molecule has 0 amide bonds. The topological polar surface area (TPSA) is 38.0 Å². The van der Waals surface area contributed by atoms with E-state index in [0.29, 0.717) is 11.4 Å². The number of fused-ring (bicyclic) bond motifs is 1. The van der Waals surface area contributed by atoms with Crippen LogP contribution in [0.4, 0.5) is 0 Å². The number of aliphatic hydroxyl groups excluding tert-OH is 1. The number of aryl methyl sites for hydroxylation is 1. The molecule has 3 nitrogen and oxygen atoms in total. The Labute approximate surface area is 141 Å². The number of benzene rings is 2. The number of hydrogen-bond donors (Lipinski definition) is 1. The van der Waals surface area contributed by atoms with Crippen molar-refractivity contribution in [3.05, 3.63) is 64.9 Å². The van der Waals surface area contributed by atoms with Gasteiger partial charge in [-0.3, -0.25) is 0 Å². The summed E-state index contributed by atoms with van der Waals surface area (Å²) in [4.78, 5) is 4.88. The average molecular weight is 329 g/mol. The van der Waals surface area contributed by atoms with Crippen LogP contribution < -0.4 is 0 Å². The Morgan fingerprint density at radius 3 is 2.65 bits per heavy atom. The number of halogens is 1. The fraction of sp³-hybridized carbons (Fsp3) is 0.316. The fourth-order valence-electron chi connectivity index (χ4n) is 3.10. The van der Waals surface area contributed by atoms with Crippen molar-refractivity contribution in [1.29, 1.82) is 0 Å². The quantitative estimate of drug-likeness (QED) is 0.717. The highest BCUT2D eigenvalue weighted by atomic mass is 35.5. The van der Waals surface area contributed by atoms with Crippen LogP contribution in [0.2, 0.25) is 5.02 Å². The molecule has 0 fully saturated rings. The summed E-state index contributed by atoms with van der Waals surface area (Å²) >= 11 is 6.17. The van der Waals surface area contributed by atoms with Gasteiger partial charge in [-0.1, -0.05) is 48.9 Å². The van der Waals surface area contributed by atoms with Crippen LogP contribution in [0, 0.1) is 0 Å². The summed E-state index contributed by atoms with van der Waals surface area (Å²) in [5.74, 6) is 1.28. The number of imidazole rings is 1. The molecular formula is C19H21ClN2O. The van der Waals surface area contributed by atoms with E-state index >= 15 is 0 Å². The molecule has 4 heteroatoms. The maximum atomic E-state index is 9.24. The predicted molar refractivity (Wildman–Crippen MR) is 95.0 cm³/mol. The second-order valence-electron chi connectivity index (χ2n) is 5.70. The lowest BCUT2D eigenvalue weighted by molar-refractivity contribution is 0.279. The van der Waals surface area contributed by atoms with E-state index < -0.39 is 0 Å². The van der Waals surface area contributed by atoms with E-state index in [1.807, 2.05) is 24.3 Å². The number of aromatic nitrogens is 2. The first kappa shape index (κ1) is 16.0. The zero-order valence-corrected chi connectivity index (χ0v) is 14.0. The number of rotatable bonds is 6. The fourth-order valence-corrected chi connectivity index (χ4v) is 3.26. The predicted octanol–water partition coefficient (Wildman–Crippen LogP) is 4.61. The molecule has 1 aromatic heterocycles. The highest BCUT2D eigenvalue weighted by molar-refractivity contribution is 6.31. The molecular weight excluding hydrogens is 308 g/mol. The molecule has 0 bridgehead atoms. The lowest BCUT2D eigenvalue weighted by atomic mass is 9.95. The number of nitrogens with zero attached hydrogens (tertiary/aromatic N) is 2. The van der Waals surface area contributed by atoms with Gasteiger partial charge < -0.3 is 9.67 Å². The maximum absolute atomic E-state index is 9.24. The van der Waals surface area contributed by atoms with Crippen LogP contribution in [0.25, 0.3) is 11.0 Å². The molecule has 1 N–H and O–H groups in total. The third-order valence-electron chi connectivity index (χ3n) is 4.20. The minimum Gasteiger partial charge on any atom is -0.396 e. The zero-order chi connectivity index (χ0) is 16.2. The highest BCUT2D eigenvalue weighted by Gasteiger charge is 2.20. The van der Waals surface area contributed by atoms with E-state index in [4.69, 9.17) is 16.6 Å². The van der Waals surface area contributed by atoms with Crippen molar-refractivity contribution in [3.8, 4) is 0 Å². The molecule has 0 aliphatic carbocycles. The van der Waals surface area contributed by atoms with Crippen LogP contribution in [0.15, 0.2) is 48.5 Å². The number of hydrogen-bond acceptors (Lipinski definition) is 2. The van der Waals surface area contributed by atoms with Crippen LogP contribution >= 0.6 is 11.6 Å². The minimum atomic E-state index is 0.168. The van der Waals surface area contributed by atoms with Crippen LogP contribution in [0.5, 0.6) is 0 Å². The maximum Gasteiger partial charge on any atom is 0.117 e. The highest BCUT2D eigenvalue weighted by Crippen LogP contribution is 2.31. The lowest BCUT2D eigenvalue weighted by Crippen LogP contribution is -2.11. The van der Waals surface area contributed by atoms with Gasteiger partial charge in [-0.25, -0.2) is 4.98 Å². The first-order chi connectivity index (χ1) is 11.2. The Bertz CT molecular complexity index is 783. The smallest absolute Gasteiger partial charge is 0.117 e. The molecule has 0 saturated carbocycles. The van der Waals surface area contributed by atoms with Crippen LogP contribution in [0.1, 0.15) is 37.1 Å². The molecule has 0 spiro atoms. The van der Waals surface area contributed by atoms with Crippen molar-refractivity contribution in [2.24, 2.45) is 0 Å². The summed E-state index contributed by atoms with van der Waals surface area (Å²) in [5, 5.41) is 9.95. The monoisotopic (exact) mass is 328 g/mol. The molecule has 3 aromatic rings. The van der Waals surface area contributed by atoms with Crippen LogP contribution in [-0.4, -0.2) is 21.3 Å². The second kappa shape index (κ2) is 7.16. The van der Waals surface area contributed by atoms with E-state index in [-0.39, 0.29) is 12.5 Å². The van der Waals surface area contributed by atoms with Crippen molar-refractivity contribution >= 4 is 22.6 Å². The van der Waals surface area contributed by atoms with E-state index in [2.05, 4.69) is 35.8 Å². The van der Waals surface area contributed by atoms with Crippen molar-refractivity contribution in [2.45, 2.75) is 32.2 Å². The molecule has 0 saturated heterocycles. The summed E-state index contributed by atoms with van der Waals surface area (Å²) in [6, 6.07) is 16.3. The van der Waals surface area contributed by atoms with Gasteiger partial charge in [-0.2, -0.15) is 0 Å². The molecule has 0 aliphatic heterocycles.